The van der Waals surface area contributed by atoms with Gasteiger partial charge in [-0.1, -0.05) is 0 Å². The number of H-pyrrole nitrogens is 1. The van der Waals surface area contributed by atoms with Crippen molar-refractivity contribution in [3.05, 3.63) is 17.8 Å². The number of fused-ring (bicyclic) bond motifs is 1. The summed E-state index contributed by atoms with van der Waals surface area (Å²) < 4.78 is 26.2. The van der Waals surface area contributed by atoms with Gasteiger partial charge in [0, 0.05) is 25.9 Å². The summed E-state index contributed by atoms with van der Waals surface area (Å²) in [7, 11) is 0. The number of nitrogens with one attached hydrogen (secondary N) is 1. The molecule has 6 nitrogen and oxygen atoms in total. The minimum absolute atomic E-state index is 0.0239. The van der Waals surface area contributed by atoms with Gasteiger partial charge in [0.05, 0.1) is 5.39 Å². The predicted octanol–water partition coefficient (Wildman–Crippen LogP) is 1.89. The maximum absolute atomic E-state index is 13.1. The average Bonchev–Trinajstić information content (AvgIpc) is 2.81. The Kier molecular flexibility index (Phi) is 2.81. The summed E-state index contributed by atoms with van der Waals surface area (Å²) in [5, 5.41) is 15.6. The number of pyridine rings is 1. The van der Waals surface area contributed by atoms with Crippen LogP contribution < -0.4 is 4.90 Å². The van der Waals surface area contributed by atoms with Gasteiger partial charge in [-0.05, 0) is 12.1 Å². The second kappa shape index (κ2) is 4.39. The summed E-state index contributed by atoms with van der Waals surface area (Å²) in [6.07, 6.45) is -0.401. The van der Waals surface area contributed by atoms with Crippen molar-refractivity contribution in [3.63, 3.8) is 0 Å². The molecular weight excluding hydrogens is 270 g/mol. The summed E-state index contributed by atoms with van der Waals surface area (Å²) >= 11 is 0. The quantitative estimate of drug-likeness (QED) is 0.879. The third kappa shape index (κ3) is 2.17. The molecule has 20 heavy (non-hydrogen) atoms. The highest BCUT2D eigenvalue weighted by Crippen LogP contribution is 2.30. The lowest BCUT2D eigenvalue weighted by Crippen LogP contribution is -2.39. The second-order valence-electron chi connectivity index (χ2n) is 4.79. The van der Waals surface area contributed by atoms with Crippen LogP contribution in [0.15, 0.2) is 12.1 Å². The lowest BCUT2D eigenvalue weighted by Gasteiger charge is -2.32. The standard InChI is InChI=1S/C12H12F2N4O2/c13-12(14)3-5-18(6-4-12)8-2-1-7-9(11(19)20)16-17-10(7)15-8/h1-2H,3-6H2,(H,19,20)(H,15,16,17). The van der Waals surface area contributed by atoms with E-state index >= 15 is 0 Å². The molecule has 0 amide bonds. The smallest absolute Gasteiger partial charge is 0.354 e. The molecule has 3 heterocycles. The molecule has 2 aromatic rings. The number of aromatic amines is 1. The Bertz CT molecular complexity index is 661. The number of hydrogen-bond donors (Lipinski definition) is 2. The molecule has 0 radical (unpaired) electrons. The van der Waals surface area contributed by atoms with Crippen LogP contribution in [-0.4, -0.2) is 45.3 Å². The Balaban J connectivity index is 1.89. The van der Waals surface area contributed by atoms with E-state index in [2.05, 4.69) is 15.2 Å². The van der Waals surface area contributed by atoms with E-state index in [0.29, 0.717) is 11.2 Å². The highest BCUT2D eigenvalue weighted by atomic mass is 19.3. The van der Waals surface area contributed by atoms with Crippen molar-refractivity contribution in [2.75, 3.05) is 18.0 Å². The summed E-state index contributed by atoms with van der Waals surface area (Å²) in [6.45, 7) is 0.448. The number of hydrogen-bond acceptors (Lipinski definition) is 4. The maximum atomic E-state index is 13.1. The van der Waals surface area contributed by atoms with E-state index < -0.39 is 11.9 Å². The molecule has 1 aliphatic heterocycles. The maximum Gasteiger partial charge on any atom is 0.354 e. The van der Waals surface area contributed by atoms with Crippen LogP contribution in [0.3, 0.4) is 0 Å². The van der Waals surface area contributed by atoms with Crippen molar-refractivity contribution in [2.45, 2.75) is 18.8 Å². The van der Waals surface area contributed by atoms with E-state index in [9.17, 15) is 13.6 Å². The predicted molar refractivity (Wildman–Crippen MR) is 67.2 cm³/mol. The van der Waals surface area contributed by atoms with E-state index in [-0.39, 0.29) is 37.3 Å². The fourth-order valence-electron chi connectivity index (χ4n) is 2.29. The number of rotatable bonds is 2. The normalized spacial score (nSPS) is 18.4. The fraction of sp³-hybridized carbons (Fsp3) is 0.417. The van der Waals surface area contributed by atoms with Gasteiger partial charge in [-0.15, -0.1) is 0 Å². The molecule has 1 fully saturated rings. The summed E-state index contributed by atoms with van der Waals surface area (Å²) in [4.78, 5) is 16.9. The number of carboxylic acid groups (broad SMARTS) is 1. The molecule has 0 aromatic carbocycles. The van der Waals surface area contributed by atoms with Gasteiger partial charge < -0.3 is 10.0 Å². The van der Waals surface area contributed by atoms with Crippen LogP contribution in [0.5, 0.6) is 0 Å². The van der Waals surface area contributed by atoms with E-state index in [1.807, 2.05) is 0 Å². The monoisotopic (exact) mass is 282 g/mol. The molecular formula is C12H12F2N4O2. The van der Waals surface area contributed by atoms with Crippen molar-refractivity contribution in [2.24, 2.45) is 0 Å². The largest absolute Gasteiger partial charge is 0.477 e. The number of nitrogens with zero attached hydrogens (tertiary/aromatic N) is 3. The lowest BCUT2D eigenvalue weighted by molar-refractivity contribution is -0.0221. The van der Waals surface area contributed by atoms with E-state index in [1.165, 1.54) is 0 Å². The number of piperidine rings is 1. The molecule has 0 unspecified atom stereocenters. The van der Waals surface area contributed by atoms with E-state index in [1.54, 1.807) is 17.0 Å². The Hall–Kier alpha value is -2.25. The minimum Gasteiger partial charge on any atom is -0.477 e. The Morgan fingerprint density at radius 1 is 1.35 bits per heavy atom. The fourth-order valence-corrected chi connectivity index (χ4v) is 2.29. The summed E-state index contributed by atoms with van der Waals surface area (Å²) in [5.74, 6) is -3.18. The molecule has 0 spiro atoms. The lowest BCUT2D eigenvalue weighted by atomic mass is 10.1. The molecule has 2 N–H and O–H groups in total. The van der Waals surface area contributed by atoms with Crippen LogP contribution in [0.4, 0.5) is 14.6 Å². The van der Waals surface area contributed by atoms with Crippen molar-refractivity contribution in [1.29, 1.82) is 0 Å². The van der Waals surface area contributed by atoms with Gasteiger partial charge in [0.2, 0.25) is 0 Å². The van der Waals surface area contributed by atoms with Gasteiger partial charge in [0.15, 0.2) is 11.3 Å². The highest BCUT2D eigenvalue weighted by molar-refractivity contribution is 6.00. The summed E-state index contributed by atoms with van der Waals surface area (Å²) in [5.41, 5.74) is 0.251. The number of aromatic carboxylic acids is 1. The number of anilines is 1. The third-order valence-corrected chi connectivity index (χ3v) is 3.44. The van der Waals surface area contributed by atoms with Gasteiger partial charge in [-0.2, -0.15) is 5.10 Å². The van der Waals surface area contributed by atoms with Crippen LogP contribution >= 0.6 is 0 Å². The topological polar surface area (TPSA) is 82.1 Å². The van der Waals surface area contributed by atoms with Gasteiger partial charge in [-0.3, -0.25) is 5.10 Å². The zero-order chi connectivity index (χ0) is 14.3. The molecule has 0 atom stereocenters. The SMILES string of the molecule is O=C(O)c1[nH]nc2nc(N3CCC(F)(F)CC3)ccc12. The first-order chi connectivity index (χ1) is 9.46. The molecule has 0 bridgehead atoms. The van der Waals surface area contributed by atoms with Crippen LogP contribution in [0.1, 0.15) is 23.3 Å². The van der Waals surface area contributed by atoms with E-state index in [4.69, 9.17) is 5.11 Å². The van der Waals surface area contributed by atoms with Gasteiger partial charge in [0.25, 0.3) is 5.92 Å². The average molecular weight is 282 g/mol. The zero-order valence-electron chi connectivity index (χ0n) is 10.4. The first-order valence-electron chi connectivity index (χ1n) is 6.17. The van der Waals surface area contributed by atoms with Gasteiger partial charge >= 0.3 is 5.97 Å². The van der Waals surface area contributed by atoms with Crippen molar-refractivity contribution in [1.82, 2.24) is 15.2 Å². The zero-order valence-corrected chi connectivity index (χ0v) is 10.4. The minimum atomic E-state index is -2.61. The Morgan fingerprint density at radius 3 is 2.70 bits per heavy atom. The van der Waals surface area contributed by atoms with Crippen molar-refractivity contribution >= 4 is 22.8 Å². The third-order valence-electron chi connectivity index (χ3n) is 3.44. The Labute approximate surface area is 112 Å². The van der Waals surface area contributed by atoms with Crippen molar-refractivity contribution < 1.29 is 18.7 Å². The number of alkyl halides is 2. The first kappa shape index (κ1) is 12.8. The van der Waals surface area contributed by atoms with Crippen LogP contribution in [-0.2, 0) is 0 Å². The van der Waals surface area contributed by atoms with Crippen molar-refractivity contribution in [3.8, 4) is 0 Å². The van der Waals surface area contributed by atoms with E-state index in [0.717, 1.165) is 0 Å². The number of halogens is 2. The van der Waals surface area contributed by atoms with Gasteiger partial charge in [-0.25, -0.2) is 18.6 Å². The van der Waals surface area contributed by atoms with Gasteiger partial charge in [0.1, 0.15) is 5.82 Å². The molecule has 0 saturated carbocycles. The molecule has 106 valence electrons. The first-order valence-corrected chi connectivity index (χ1v) is 6.17. The molecule has 8 heteroatoms. The summed E-state index contributed by atoms with van der Waals surface area (Å²) in [6, 6.07) is 3.23. The van der Waals surface area contributed by atoms with Crippen LogP contribution in [0.25, 0.3) is 11.0 Å². The number of aromatic nitrogens is 3. The molecule has 0 aliphatic carbocycles. The highest BCUT2D eigenvalue weighted by Gasteiger charge is 2.34. The molecule has 1 aliphatic rings. The molecule has 2 aromatic heterocycles. The Morgan fingerprint density at radius 2 is 2.05 bits per heavy atom. The molecule has 3 rings (SSSR count). The number of carboxylic acids is 1. The van der Waals surface area contributed by atoms with Crippen LogP contribution in [0.2, 0.25) is 0 Å². The number of carbonyl (C=O) groups is 1. The second-order valence-corrected chi connectivity index (χ2v) is 4.79. The van der Waals surface area contributed by atoms with Crippen LogP contribution in [0, 0.1) is 0 Å². The molecule has 1 saturated heterocycles.